The maximum absolute atomic E-state index is 12.8. The zero-order valence-electron chi connectivity index (χ0n) is 13.0. The van der Waals surface area contributed by atoms with Crippen molar-refractivity contribution in [2.75, 3.05) is 24.5 Å². The van der Waals surface area contributed by atoms with E-state index in [-0.39, 0.29) is 11.9 Å². The number of sulfonamides is 1. The Hall–Kier alpha value is -0.860. The fourth-order valence-electron chi connectivity index (χ4n) is 3.46. The Kier molecular flexibility index (Phi) is 5.09. The topological polar surface area (TPSA) is 83.7 Å². The summed E-state index contributed by atoms with van der Waals surface area (Å²) >= 11 is 12.1. The molecule has 2 saturated heterocycles. The second-order valence-corrected chi connectivity index (χ2v) is 8.90. The van der Waals surface area contributed by atoms with Crippen molar-refractivity contribution in [1.82, 2.24) is 4.90 Å². The lowest BCUT2D eigenvalue weighted by Crippen LogP contribution is -2.48. The third-order valence-corrected chi connectivity index (χ3v) is 6.70. The van der Waals surface area contributed by atoms with Crippen LogP contribution in [0.4, 0.5) is 5.69 Å². The van der Waals surface area contributed by atoms with Crippen LogP contribution < -0.4 is 10.0 Å². The summed E-state index contributed by atoms with van der Waals surface area (Å²) in [5.74, 6) is -0.00622. The molecule has 0 bridgehead atoms. The number of rotatable bonds is 3. The van der Waals surface area contributed by atoms with Crippen molar-refractivity contribution in [3.05, 3.63) is 28.2 Å². The highest BCUT2D eigenvalue weighted by Gasteiger charge is 2.39. The predicted octanol–water partition coefficient (Wildman–Crippen LogP) is 1.85. The summed E-state index contributed by atoms with van der Waals surface area (Å²) in [6, 6.07) is 4.84. The third-order valence-electron chi connectivity index (χ3n) is 4.76. The summed E-state index contributed by atoms with van der Waals surface area (Å²) in [6.07, 6.45) is 1.62. The molecule has 0 spiro atoms. The summed E-state index contributed by atoms with van der Waals surface area (Å²) in [4.78, 5) is 16.5. The number of hydrogen-bond acceptors (Lipinski definition) is 4. The average molecular weight is 392 g/mol. The van der Waals surface area contributed by atoms with E-state index in [0.717, 1.165) is 0 Å². The molecule has 9 heteroatoms. The van der Waals surface area contributed by atoms with Crippen LogP contribution in [0.15, 0.2) is 18.2 Å². The molecule has 2 aliphatic heterocycles. The number of hydrogen-bond donors (Lipinski definition) is 1. The molecule has 1 aromatic rings. The Bertz CT molecular complexity index is 748. The Morgan fingerprint density at radius 2 is 1.75 bits per heavy atom. The molecule has 2 heterocycles. The van der Waals surface area contributed by atoms with Gasteiger partial charge >= 0.3 is 0 Å². The summed E-state index contributed by atoms with van der Waals surface area (Å²) in [7, 11) is -3.50. The van der Waals surface area contributed by atoms with Crippen LogP contribution >= 0.6 is 23.2 Å². The standard InChI is InChI=1S/C15H19Cl2N3O3S/c16-10-1-2-13(12(17)9-10)20-8-5-14(15(20)21)19-6-3-11(4-7-19)24(18,22)23/h1-2,9,11,14H,3-8H2,(H2,18,22,23). The van der Waals surface area contributed by atoms with E-state index in [4.69, 9.17) is 28.3 Å². The van der Waals surface area contributed by atoms with Gasteiger partial charge in [0.15, 0.2) is 0 Å². The molecule has 1 amide bonds. The van der Waals surface area contributed by atoms with Crippen molar-refractivity contribution in [1.29, 1.82) is 0 Å². The van der Waals surface area contributed by atoms with Gasteiger partial charge in [0.05, 0.1) is 22.0 Å². The summed E-state index contributed by atoms with van der Waals surface area (Å²) in [5.41, 5.74) is 0.660. The summed E-state index contributed by atoms with van der Waals surface area (Å²) < 4.78 is 22.9. The lowest BCUT2D eigenvalue weighted by atomic mass is 10.1. The fourth-order valence-corrected chi connectivity index (χ4v) is 4.84. The first-order valence-corrected chi connectivity index (χ1v) is 10.2. The molecule has 1 atom stereocenters. The number of benzene rings is 1. The van der Waals surface area contributed by atoms with E-state index < -0.39 is 15.3 Å². The van der Waals surface area contributed by atoms with Crippen molar-refractivity contribution in [2.24, 2.45) is 5.14 Å². The number of nitrogens with zero attached hydrogens (tertiary/aromatic N) is 2. The third kappa shape index (κ3) is 3.55. The minimum atomic E-state index is -3.50. The van der Waals surface area contributed by atoms with Crippen LogP contribution in [0, 0.1) is 0 Å². The highest BCUT2D eigenvalue weighted by molar-refractivity contribution is 7.89. The van der Waals surface area contributed by atoms with Gasteiger partial charge in [-0.15, -0.1) is 0 Å². The smallest absolute Gasteiger partial charge is 0.244 e. The highest BCUT2D eigenvalue weighted by Crippen LogP contribution is 2.33. The SMILES string of the molecule is NS(=O)(=O)C1CCN(C2CCN(c3ccc(Cl)cc3Cl)C2=O)CC1. The van der Waals surface area contributed by atoms with Gasteiger partial charge in [0.1, 0.15) is 0 Å². The van der Waals surface area contributed by atoms with Gasteiger partial charge in [0.2, 0.25) is 15.9 Å². The molecular formula is C15H19Cl2N3O3S. The van der Waals surface area contributed by atoms with E-state index in [1.807, 2.05) is 4.90 Å². The van der Waals surface area contributed by atoms with Crippen LogP contribution in [-0.4, -0.2) is 50.2 Å². The number of likely N-dealkylation sites (tertiary alicyclic amines) is 1. The van der Waals surface area contributed by atoms with E-state index in [9.17, 15) is 13.2 Å². The van der Waals surface area contributed by atoms with Gasteiger partial charge < -0.3 is 4.90 Å². The summed E-state index contributed by atoms with van der Waals surface area (Å²) in [6.45, 7) is 1.69. The molecule has 0 aliphatic carbocycles. The predicted molar refractivity (Wildman–Crippen MR) is 94.9 cm³/mol. The Balaban J connectivity index is 1.69. The van der Waals surface area contributed by atoms with Crippen LogP contribution in [0.25, 0.3) is 0 Å². The van der Waals surface area contributed by atoms with Crippen LogP contribution in [0.3, 0.4) is 0 Å². The van der Waals surface area contributed by atoms with Crippen molar-refractivity contribution in [3.63, 3.8) is 0 Å². The zero-order valence-corrected chi connectivity index (χ0v) is 15.3. The number of nitrogens with two attached hydrogens (primary N) is 1. The van der Waals surface area contributed by atoms with Gasteiger partial charge in [0, 0.05) is 24.7 Å². The second kappa shape index (κ2) is 6.80. The van der Waals surface area contributed by atoms with E-state index >= 15 is 0 Å². The molecule has 2 N–H and O–H groups in total. The molecule has 1 aromatic carbocycles. The van der Waals surface area contributed by atoms with Crippen LogP contribution in [0.5, 0.6) is 0 Å². The number of carbonyl (C=O) groups excluding carboxylic acids is 1. The molecular weight excluding hydrogens is 373 g/mol. The molecule has 1 unspecified atom stereocenters. The zero-order chi connectivity index (χ0) is 17.5. The quantitative estimate of drug-likeness (QED) is 0.851. The second-order valence-electron chi connectivity index (χ2n) is 6.21. The number of anilines is 1. The first-order chi connectivity index (χ1) is 11.3. The van der Waals surface area contributed by atoms with Crippen LogP contribution in [0.1, 0.15) is 19.3 Å². The molecule has 2 aliphatic rings. The van der Waals surface area contributed by atoms with Crippen LogP contribution in [-0.2, 0) is 14.8 Å². The molecule has 3 rings (SSSR count). The molecule has 0 radical (unpaired) electrons. The molecule has 0 aromatic heterocycles. The largest absolute Gasteiger partial charge is 0.310 e. The van der Waals surface area contributed by atoms with Crippen molar-refractivity contribution in [3.8, 4) is 0 Å². The fraction of sp³-hybridized carbons (Fsp3) is 0.533. The summed E-state index contributed by atoms with van der Waals surface area (Å²) in [5, 5.41) is 5.68. The Morgan fingerprint density at radius 3 is 2.33 bits per heavy atom. The number of halogens is 2. The van der Waals surface area contributed by atoms with Gasteiger partial charge in [-0.2, -0.15) is 0 Å². The lowest BCUT2D eigenvalue weighted by Gasteiger charge is -2.34. The number of carbonyl (C=O) groups is 1. The van der Waals surface area contributed by atoms with Gasteiger partial charge in [-0.05, 0) is 37.5 Å². The molecule has 6 nitrogen and oxygen atoms in total. The Labute approximate surface area is 151 Å². The van der Waals surface area contributed by atoms with Crippen LogP contribution in [0.2, 0.25) is 10.0 Å². The van der Waals surface area contributed by atoms with Crippen molar-refractivity contribution in [2.45, 2.75) is 30.6 Å². The number of piperidine rings is 1. The maximum Gasteiger partial charge on any atom is 0.244 e. The van der Waals surface area contributed by atoms with E-state index in [0.29, 0.717) is 54.6 Å². The monoisotopic (exact) mass is 391 g/mol. The number of amides is 1. The Morgan fingerprint density at radius 1 is 1.08 bits per heavy atom. The minimum Gasteiger partial charge on any atom is -0.310 e. The van der Waals surface area contributed by atoms with Gasteiger partial charge in [-0.3, -0.25) is 9.69 Å². The van der Waals surface area contributed by atoms with Crippen molar-refractivity contribution < 1.29 is 13.2 Å². The molecule has 0 saturated carbocycles. The van der Waals surface area contributed by atoms with E-state index in [1.165, 1.54) is 0 Å². The maximum atomic E-state index is 12.8. The molecule has 132 valence electrons. The van der Waals surface area contributed by atoms with Crippen molar-refractivity contribution >= 4 is 44.8 Å². The van der Waals surface area contributed by atoms with Gasteiger partial charge in [0.25, 0.3) is 0 Å². The average Bonchev–Trinajstić information content (AvgIpc) is 2.88. The first-order valence-electron chi connectivity index (χ1n) is 7.79. The molecule has 24 heavy (non-hydrogen) atoms. The molecule has 2 fully saturated rings. The van der Waals surface area contributed by atoms with E-state index in [2.05, 4.69) is 0 Å². The number of primary sulfonamides is 1. The normalized spacial score (nSPS) is 23.9. The first kappa shape index (κ1) is 17.9. The highest BCUT2D eigenvalue weighted by atomic mass is 35.5. The lowest BCUT2D eigenvalue weighted by molar-refractivity contribution is -0.121. The van der Waals surface area contributed by atoms with Gasteiger partial charge in [-0.1, -0.05) is 23.2 Å². The van der Waals surface area contributed by atoms with Gasteiger partial charge in [-0.25, -0.2) is 13.6 Å². The minimum absolute atomic E-state index is 0.00622. The van der Waals surface area contributed by atoms with E-state index in [1.54, 1.807) is 23.1 Å².